The van der Waals surface area contributed by atoms with Crippen LogP contribution in [0.3, 0.4) is 0 Å². The minimum absolute atomic E-state index is 0.163. The number of hydrogen-bond acceptors (Lipinski definition) is 3. The van der Waals surface area contributed by atoms with Crippen LogP contribution < -0.4 is 5.32 Å². The molecule has 1 rings (SSSR count). The van der Waals surface area contributed by atoms with Gasteiger partial charge in [-0.25, -0.2) is 0 Å². The second-order valence-electron chi connectivity index (χ2n) is 3.16. The van der Waals surface area contributed by atoms with E-state index in [0.29, 0.717) is 11.3 Å². The van der Waals surface area contributed by atoms with Gasteiger partial charge in [-0.1, -0.05) is 13.8 Å². The summed E-state index contributed by atoms with van der Waals surface area (Å²) in [6, 6.07) is 3.34. The molecule has 0 aliphatic carbocycles. The topological polar surface area (TPSA) is 65.8 Å². The molecule has 1 amide bonds. The van der Waals surface area contributed by atoms with E-state index in [4.69, 9.17) is 5.26 Å². The van der Waals surface area contributed by atoms with Gasteiger partial charge in [-0.15, -0.1) is 0 Å². The molecule has 0 unspecified atom stereocenters. The van der Waals surface area contributed by atoms with E-state index in [1.165, 1.54) is 0 Å². The van der Waals surface area contributed by atoms with Crippen LogP contribution in [0.5, 0.6) is 0 Å². The summed E-state index contributed by atoms with van der Waals surface area (Å²) in [5.74, 6) is -0.236. The lowest BCUT2D eigenvalue weighted by atomic mass is 10.0. The average molecular weight is 189 g/mol. The van der Waals surface area contributed by atoms with Crippen LogP contribution in [0.2, 0.25) is 0 Å². The maximum atomic E-state index is 11.4. The van der Waals surface area contributed by atoms with Gasteiger partial charge < -0.3 is 0 Å². The molecule has 4 heteroatoms. The number of aromatic nitrogens is 1. The van der Waals surface area contributed by atoms with Crippen LogP contribution in [0, 0.1) is 11.5 Å². The minimum atomic E-state index is -0.399. The average Bonchev–Trinajstić information content (AvgIpc) is 2.18. The van der Waals surface area contributed by atoms with Crippen molar-refractivity contribution >= 4 is 5.91 Å². The van der Waals surface area contributed by atoms with E-state index < -0.39 is 5.91 Å². The van der Waals surface area contributed by atoms with Gasteiger partial charge in [0, 0.05) is 6.20 Å². The molecule has 0 aromatic carbocycles. The molecule has 0 aliphatic heterocycles. The van der Waals surface area contributed by atoms with E-state index >= 15 is 0 Å². The lowest BCUT2D eigenvalue weighted by Gasteiger charge is -2.08. The molecule has 0 radical (unpaired) electrons. The Morgan fingerprint density at radius 1 is 1.64 bits per heavy atom. The Labute approximate surface area is 82.6 Å². The first kappa shape index (κ1) is 10.2. The third kappa shape index (κ3) is 2.07. The fourth-order valence-electron chi connectivity index (χ4n) is 1.19. The summed E-state index contributed by atoms with van der Waals surface area (Å²) in [5.41, 5.74) is 1.17. The second kappa shape index (κ2) is 4.38. The normalized spacial score (nSPS) is 9.57. The van der Waals surface area contributed by atoms with Crippen molar-refractivity contribution in [3.05, 3.63) is 29.6 Å². The first-order valence-corrected chi connectivity index (χ1v) is 4.31. The van der Waals surface area contributed by atoms with Crippen molar-refractivity contribution in [1.82, 2.24) is 10.3 Å². The molecular weight excluding hydrogens is 178 g/mol. The Balaban J connectivity index is 3.08. The molecule has 0 saturated carbocycles. The fourth-order valence-corrected chi connectivity index (χ4v) is 1.19. The molecule has 0 fully saturated rings. The number of amides is 1. The van der Waals surface area contributed by atoms with Crippen molar-refractivity contribution in [3.63, 3.8) is 0 Å². The van der Waals surface area contributed by atoms with E-state index in [0.717, 1.165) is 0 Å². The summed E-state index contributed by atoms with van der Waals surface area (Å²) in [6.45, 7) is 3.90. The highest BCUT2D eigenvalue weighted by Crippen LogP contribution is 2.15. The first-order valence-electron chi connectivity index (χ1n) is 4.31. The van der Waals surface area contributed by atoms with E-state index in [1.807, 2.05) is 13.8 Å². The highest BCUT2D eigenvalue weighted by atomic mass is 16.1. The summed E-state index contributed by atoms with van der Waals surface area (Å²) in [6.07, 6.45) is 3.24. The smallest absolute Gasteiger partial charge is 0.266 e. The molecule has 0 spiro atoms. The lowest BCUT2D eigenvalue weighted by molar-refractivity contribution is 0.0971. The maximum Gasteiger partial charge on any atom is 0.266 e. The number of carbonyl (C=O) groups excluding carboxylic acids is 1. The Morgan fingerprint density at radius 3 is 2.93 bits per heavy atom. The van der Waals surface area contributed by atoms with Crippen molar-refractivity contribution < 1.29 is 4.79 Å². The van der Waals surface area contributed by atoms with Gasteiger partial charge in [0.1, 0.15) is 0 Å². The van der Waals surface area contributed by atoms with Gasteiger partial charge in [0.05, 0.1) is 11.3 Å². The molecule has 4 nitrogen and oxygen atoms in total. The highest BCUT2D eigenvalue weighted by Gasteiger charge is 2.13. The molecular formula is C10H11N3O. The molecule has 1 heterocycles. The molecule has 1 N–H and O–H groups in total. The predicted octanol–water partition coefficient (Wildman–Crippen LogP) is 1.42. The molecule has 1 aromatic heterocycles. The Morgan fingerprint density at radius 2 is 2.36 bits per heavy atom. The first-order chi connectivity index (χ1) is 6.66. The van der Waals surface area contributed by atoms with Crippen LogP contribution in [-0.4, -0.2) is 10.9 Å². The number of carbonyl (C=O) groups is 1. The number of nitriles is 1. The molecule has 0 bridgehead atoms. The van der Waals surface area contributed by atoms with Gasteiger partial charge in [0.2, 0.25) is 0 Å². The SMILES string of the molecule is CC(C)c1ncccc1C(=O)NC#N. The van der Waals surface area contributed by atoms with Crippen molar-refractivity contribution in [2.45, 2.75) is 19.8 Å². The van der Waals surface area contributed by atoms with Gasteiger partial charge in [0.25, 0.3) is 5.91 Å². The van der Waals surface area contributed by atoms with Crippen LogP contribution >= 0.6 is 0 Å². The van der Waals surface area contributed by atoms with Crippen molar-refractivity contribution in [2.24, 2.45) is 0 Å². The number of rotatable bonds is 2. The van der Waals surface area contributed by atoms with E-state index in [-0.39, 0.29) is 5.92 Å². The van der Waals surface area contributed by atoms with E-state index in [2.05, 4.69) is 10.3 Å². The van der Waals surface area contributed by atoms with Gasteiger partial charge in [-0.3, -0.25) is 15.1 Å². The van der Waals surface area contributed by atoms with Crippen molar-refractivity contribution in [3.8, 4) is 6.19 Å². The summed E-state index contributed by atoms with van der Waals surface area (Å²) in [7, 11) is 0. The predicted molar refractivity (Wildman–Crippen MR) is 51.4 cm³/mol. The summed E-state index contributed by atoms with van der Waals surface area (Å²) >= 11 is 0. The van der Waals surface area contributed by atoms with Crippen LogP contribution in [0.1, 0.15) is 35.8 Å². The Bertz CT molecular complexity index is 379. The quantitative estimate of drug-likeness (QED) is 0.565. The van der Waals surface area contributed by atoms with Crippen LogP contribution in [-0.2, 0) is 0 Å². The Hall–Kier alpha value is -1.89. The van der Waals surface area contributed by atoms with Gasteiger partial charge >= 0.3 is 0 Å². The van der Waals surface area contributed by atoms with Gasteiger partial charge in [-0.05, 0) is 18.1 Å². The van der Waals surface area contributed by atoms with Gasteiger partial charge in [-0.2, -0.15) is 5.26 Å². The lowest BCUT2D eigenvalue weighted by Crippen LogP contribution is -2.20. The zero-order valence-corrected chi connectivity index (χ0v) is 8.11. The maximum absolute atomic E-state index is 11.4. The fraction of sp³-hybridized carbons (Fsp3) is 0.300. The molecule has 1 aromatic rings. The van der Waals surface area contributed by atoms with Crippen LogP contribution in [0.4, 0.5) is 0 Å². The van der Waals surface area contributed by atoms with Crippen molar-refractivity contribution in [1.29, 1.82) is 5.26 Å². The third-order valence-electron chi connectivity index (χ3n) is 1.80. The summed E-state index contributed by atoms with van der Waals surface area (Å²) < 4.78 is 0. The second-order valence-corrected chi connectivity index (χ2v) is 3.16. The zero-order valence-electron chi connectivity index (χ0n) is 8.11. The molecule has 14 heavy (non-hydrogen) atoms. The Kier molecular flexibility index (Phi) is 3.19. The number of nitrogens with one attached hydrogen (secondary N) is 1. The number of pyridine rings is 1. The van der Waals surface area contributed by atoms with Crippen LogP contribution in [0.15, 0.2) is 18.3 Å². The standard InChI is InChI=1S/C10H11N3O/c1-7(2)9-8(4-3-5-12-9)10(14)13-6-11/h3-5,7H,1-2H3,(H,13,14). The van der Waals surface area contributed by atoms with Gasteiger partial charge in [0.15, 0.2) is 6.19 Å². The van der Waals surface area contributed by atoms with E-state index in [9.17, 15) is 4.79 Å². The largest absolute Gasteiger partial charge is 0.268 e. The highest BCUT2D eigenvalue weighted by molar-refractivity contribution is 5.96. The number of nitrogens with zero attached hydrogens (tertiary/aromatic N) is 2. The minimum Gasteiger partial charge on any atom is -0.268 e. The van der Waals surface area contributed by atoms with Crippen molar-refractivity contribution in [2.75, 3.05) is 0 Å². The van der Waals surface area contributed by atoms with E-state index in [1.54, 1.807) is 24.5 Å². The zero-order chi connectivity index (χ0) is 10.6. The molecule has 0 atom stereocenters. The molecule has 72 valence electrons. The van der Waals surface area contributed by atoms with Crippen LogP contribution in [0.25, 0.3) is 0 Å². The number of hydrogen-bond donors (Lipinski definition) is 1. The summed E-state index contributed by atoms with van der Waals surface area (Å²) in [5, 5.41) is 10.4. The third-order valence-corrected chi connectivity index (χ3v) is 1.80. The molecule has 0 aliphatic rings. The molecule has 0 saturated heterocycles. The monoisotopic (exact) mass is 189 g/mol. The summed E-state index contributed by atoms with van der Waals surface area (Å²) in [4.78, 5) is 15.5.